The lowest BCUT2D eigenvalue weighted by atomic mass is 9.84. The largest absolute Gasteiger partial charge is 0.378 e. The summed E-state index contributed by atoms with van der Waals surface area (Å²) in [7, 11) is 0. The molecule has 1 aromatic rings. The van der Waals surface area contributed by atoms with Crippen molar-refractivity contribution in [1.29, 1.82) is 0 Å². The number of carbonyl (C=O) groups is 1. The van der Waals surface area contributed by atoms with E-state index in [1.165, 1.54) is 12.3 Å². The molecular formula is C21H31FN2O4. The molecule has 0 bridgehead atoms. The second-order valence-corrected chi connectivity index (χ2v) is 7.89. The maximum Gasteiger partial charge on any atom is 0.249 e. The Balaban J connectivity index is 1.56. The van der Waals surface area contributed by atoms with E-state index in [4.69, 9.17) is 9.47 Å². The lowest BCUT2D eigenvalue weighted by molar-refractivity contribution is -0.136. The van der Waals surface area contributed by atoms with Gasteiger partial charge in [0.1, 0.15) is 6.17 Å². The van der Waals surface area contributed by atoms with Gasteiger partial charge in [0.15, 0.2) is 0 Å². The van der Waals surface area contributed by atoms with E-state index in [1.807, 2.05) is 0 Å². The standard InChI is InChI=1S/C21H31FN2O4/c1-2-11-27-16-4-6-17(7-5-16)28-19-8-3-14(22)12-18(19)21(26)24-15-9-10-23-20(25)13-15/h9-10,13-14,16-19H,2-8,11-12H2,1H3,(H2,23,24,25,26). The first-order valence-corrected chi connectivity index (χ1v) is 10.5. The first kappa shape index (κ1) is 21.0. The Kier molecular flexibility index (Phi) is 7.62. The van der Waals surface area contributed by atoms with Crippen molar-refractivity contribution in [3.63, 3.8) is 0 Å². The first-order chi connectivity index (χ1) is 13.5. The molecule has 0 saturated heterocycles. The van der Waals surface area contributed by atoms with Gasteiger partial charge in [-0.3, -0.25) is 9.59 Å². The third-order valence-electron chi connectivity index (χ3n) is 5.65. The number of halogens is 1. The van der Waals surface area contributed by atoms with Gasteiger partial charge in [0.2, 0.25) is 11.5 Å². The van der Waals surface area contributed by atoms with E-state index < -0.39 is 12.1 Å². The molecule has 28 heavy (non-hydrogen) atoms. The highest BCUT2D eigenvalue weighted by Crippen LogP contribution is 2.33. The maximum absolute atomic E-state index is 14.0. The molecule has 3 unspecified atom stereocenters. The molecule has 2 aliphatic rings. The fourth-order valence-corrected chi connectivity index (χ4v) is 4.15. The number of carbonyl (C=O) groups excluding carboxylic acids is 1. The Morgan fingerprint density at radius 1 is 1.21 bits per heavy atom. The van der Waals surface area contributed by atoms with Gasteiger partial charge in [0.25, 0.3) is 0 Å². The highest BCUT2D eigenvalue weighted by Gasteiger charge is 2.38. The Hall–Kier alpha value is -1.73. The third-order valence-corrected chi connectivity index (χ3v) is 5.65. The van der Waals surface area contributed by atoms with Crippen LogP contribution in [-0.2, 0) is 14.3 Å². The van der Waals surface area contributed by atoms with E-state index in [1.54, 1.807) is 6.07 Å². The zero-order chi connectivity index (χ0) is 19.9. The molecule has 6 nitrogen and oxygen atoms in total. The molecule has 3 atom stereocenters. The predicted octanol–water partition coefficient (Wildman–Crippen LogP) is 3.57. The van der Waals surface area contributed by atoms with E-state index in [9.17, 15) is 14.0 Å². The SMILES string of the molecule is CCCOC1CCC(OC2CCC(F)CC2C(=O)Nc2cc[nH]c(=O)c2)CC1. The van der Waals surface area contributed by atoms with E-state index in [0.29, 0.717) is 24.6 Å². The van der Waals surface area contributed by atoms with E-state index in [-0.39, 0.29) is 30.1 Å². The summed E-state index contributed by atoms with van der Waals surface area (Å²) in [6, 6.07) is 2.93. The summed E-state index contributed by atoms with van der Waals surface area (Å²) in [5.41, 5.74) is 0.127. The second-order valence-electron chi connectivity index (χ2n) is 7.89. The maximum atomic E-state index is 14.0. The molecule has 3 rings (SSSR count). The lowest BCUT2D eigenvalue weighted by Crippen LogP contribution is -2.42. The molecule has 0 spiro atoms. The number of ether oxygens (including phenoxy) is 2. The zero-order valence-corrected chi connectivity index (χ0v) is 16.5. The van der Waals surface area contributed by atoms with Gasteiger partial charge in [0.05, 0.1) is 24.2 Å². The summed E-state index contributed by atoms with van der Waals surface area (Å²) >= 11 is 0. The van der Waals surface area contributed by atoms with Crippen LogP contribution in [0.2, 0.25) is 0 Å². The molecule has 0 radical (unpaired) electrons. The van der Waals surface area contributed by atoms with Gasteiger partial charge >= 0.3 is 0 Å². The van der Waals surface area contributed by atoms with Crippen LogP contribution in [0, 0.1) is 5.92 Å². The molecule has 156 valence electrons. The molecule has 7 heteroatoms. The van der Waals surface area contributed by atoms with Crippen molar-refractivity contribution in [3.8, 4) is 0 Å². The normalized spacial score (nSPS) is 30.7. The minimum absolute atomic E-state index is 0.0949. The van der Waals surface area contributed by atoms with Gasteiger partial charge in [-0.05, 0) is 57.4 Å². The molecule has 2 fully saturated rings. The number of anilines is 1. The lowest BCUT2D eigenvalue weighted by Gasteiger charge is -2.37. The topological polar surface area (TPSA) is 80.4 Å². The Morgan fingerprint density at radius 2 is 1.96 bits per heavy atom. The number of pyridine rings is 1. The number of hydrogen-bond acceptors (Lipinski definition) is 4. The van der Waals surface area contributed by atoms with Crippen LogP contribution in [0.5, 0.6) is 0 Å². The molecular weight excluding hydrogens is 363 g/mol. The van der Waals surface area contributed by atoms with Crippen LogP contribution in [0.1, 0.15) is 58.3 Å². The van der Waals surface area contributed by atoms with E-state index in [0.717, 1.165) is 38.7 Å². The number of H-pyrrole nitrogens is 1. The van der Waals surface area contributed by atoms with Crippen LogP contribution in [0.25, 0.3) is 0 Å². The summed E-state index contributed by atoms with van der Waals surface area (Å²) in [5.74, 6) is -0.824. The van der Waals surface area contributed by atoms with E-state index >= 15 is 0 Å². The van der Waals surface area contributed by atoms with Crippen LogP contribution < -0.4 is 10.9 Å². The summed E-state index contributed by atoms with van der Waals surface area (Å²) in [4.78, 5) is 26.7. The number of rotatable bonds is 7. The van der Waals surface area contributed by atoms with Crippen molar-refractivity contribution in [2.75, 3.05) is 11.9 Å². The number of amides is 1. The van der Waals surface area contributed by atoms with Crippen LogP contribution in [-0.4, -0.2) is 42.0 Å². The quantitative estimate of drug-likeness (QED) is 0.741. The molecule has 2 N–H and O–H groups in total. The van der Waals surface area contributed by atoms with Gasteiger partial charge in [-0.2, -0.15) is 0 Å². The van der Waals surface area contributed by atoms with Gasteiger partial charge < -0.3 is 19.8 Å². The Bertz CT molecular complexity index is 687. The molecule has 2 aliphatic carbocycles. The molecule has 0 aromatic carbocycles. The van der Waals surface area contributed by atoms with Gasteiger partial charge in [0, 0.05) is 24.6 Å². The summed E-state index contributed by atoms with van der Waals surface area (Å²) in [5, 5.41) is 2.74. The molecule has 1 aromatic heterocycles. The van der Waals surface area contributed by atoms with Gasteiger partial charge in [-0.25, -0.2) is 4.39 Å². The smallest absolute Gasteiger partial charge is 0.249 e. The van der Waals surface area contributed by atoms with Crippen molar-refractivity contribution < 1.29 is 18.7 Å². The Labute approximate surface area is 165 Å². The van der Waals surface area contributed by atoms with Crippen LogP contribution in [0.4, 0.5) is 10.1 Å². The zero-order valence-electron chi connectivity index (χ0n) is 16.5. The van der Waals surface area contributed by atoms with Crippen LogP contribution >= 0.6 is 0 Å². The minimum atomic E-state index is -0.993. The third kappa shape index (κ3) is 5.88. The first-order valence-electron chi connectivity index (χ1n) is 10.5. The molecule has 1 heterocycles. The monoisotopic (exact) mass is 394 g/mol. The van der Waals surface area contributed by atoms with Crippen molar-refractivity contribution in [3.05, 3.63) is 28.7 Å². The average molecular weight is 394 g/mol. The molecule has 2 saturated carbocycles. The van der Waals surface area contributed by atoms with E-state index in [2.05, 4.69) is 17.2 Å². The van der Waals surface area contributed by atoms with Gasteiger partial charge in [-0.15, -0.1) is 0 Å². The number of aromatic nitrogens is 1. The average Bonchev–Trinajstić information content (AvgIpc) is 2.69. The number of hydrogen-bond donors (Lipinski definition) is 2. The highest BCUT2D eigenvalue weighted by atomic mass is 19.1. The number of aromatic amines is 1. The molecule has 1 amide bonds. The van der Waals surface area contributed by atoms with Crippen LogP contribution in [0.3, 0.4) is 0 Å². The molecule has 0 aliphatic heterocycles. The fraction of sp³-hybridized carbons (Fsp3) is 0.714. The van der Waals surface area contributed by atoms with Crippen LogP contribution in [0.15, 0.2) is 23.1 Å². The minimum Gasteiger partial charge on any atom is -0.378 e. The fourth-order valence-electron chi connectivity index (χ4n) is 4.15. The van der Waals surface area contributed by atoms with Crippen molar-refractivity contribution >= 4 is 11.6 Å². The highest BCUT2D eigenvalue weighted by molar-refractivity contribution is 5.92. The number of nitrogens with one attached hydrogen (secondary N) is 2. The Morgan fingerprint density at radius 3 is 2.68 bits per heavy atom. The van der Waals surface area contributed by atoms with Crippen molar-refractivity contribution in [1.82, 2.24) is 4.98 Å². The summed E-state index contributed by atoms with van der Waals surface area (Å²) in [6.45, 7) is 2.90. The predicted molar refractivity (Wildman–Crippen MR) is 105 cm³/mol. The van der Waals surface area contributed by atoms with Crippen molar-refractivity contribution in [2.45, 2.75) is 82.8 Å². The second kappa shape index (κ2) is 10.2. The van der Waals surface area contributed by atoms with Crippen molar-refractivity contribution in [2.24, 2.45) is 5.92 Å². The summed E-state index contributed by atoms with van der Waals surface area (Å²) in [6.07, 6.45) is 6.49. The number of alkyl halides is 1. The van der Waals surface area contributed by atoms with Gasteiger partial charge in [-0.1, -0.05) is 6.92 Å². The summed E-state index contributed by atoms with van der Waals surface area (Å²) < 4.78 is 26.1.